The zero-order valence-electron chi connectivity index (χ0n) is 15.0. The van der Waals surface area contributed by atoms with Crippen molar-refractivity contribution in [2.45, 2.75) is 32.2 Å². The Kier molecular flexibility index (Phi) is 4.66. The highest BCUT2D eigenvalue weighted by Gasteiger charge is 2.22. The van der Waals surface area contributed by atoms with E-state index in [9.17, 15) is 9.18 Å². The molecule has 2 aromatic heterocycles. The summed E-state index contributed by atoms with van der Waals surface area (Å²) in [6.45, 7) is 1.86. The summed E-state index contributed by atoms with van der Waals surface area (Å²) in [4.78, 5) is 21.2. The first-order valence-corrected chi connectivity index (χ1v) is 9.04. The van der Waals surface area contributed by atoms with Gasteiger partial charge in [-0.15, -0.1) is 5.10 Å². The average molecular weight is 365 g/mol. The minimum Gasteiger partial charge on any atom is -0.346 e. The summed E-state index contributed by atoms with van der Waals surface area (Å²) in [5.74, 6) is 0.193. The molecule has 3 aromatic rings. The fraction of sp³-hybridized carbons (Fsp3) is 0.300. The van der Waals surface area contributed by atoms with Gasteiger partial charge in [-0.2, -0.15) is 0 Å². The summed E-state index contributed by atoms with van der Waals surface area (Å²) < 4.78 is 15.5. The molecule has 138 valence electrons. The van der Waals surface area contributed by atoms with Crippen LogP contribution in [0.2, 0.25) is 0 Å². The molecule has 1 N–H and O–H groups in total. The molecule has 0 spiro atoms. The molecule has 27 heavy (non-hydrogen) atoms. The van der Waals surface area contributed by atoms with Crippen molar-refractivity contribution in [3.05, 3.63) is 60.5 Å². The average Bonchev–Trinajstić information content (AvgIpc) is 3.12. The third-order valence-corrected chi connectivity index (χ3v) is 4.78. The molecule has 1 amide bonds. The summed E-state index contributed by atoms with van der Waals surface area (Å²) >= 11 is 0. The highest BCUT2D eigenvalue weighted by Crippen LogP contribution is 2.22. The zero-order chi connectivity index (χ0) is 18.8. The lowest BCUT2D eigenvalue weighted by atomic mass is 9.93. The Bertz CT molecular complexity index is 1010. The number of nitrogens with zero attached hydrogens (tertiary/aromatic N) is 4. The molecule has 4 rings (SSSR count). The minimum absolute atomic E-state index is 0.00352. The Hall–Kier alpha value is -3.09. The highest BCUT2D eigenvalue weighted by molar-refractivity contribution is 5.79. The van der Waals surface area contributed by atoms with Gasteiger partial charge in [0.15, 0.2) is 11.5 Å². The van der Waals surface area contributed by atoms with Crippen molar-refractivity contribution in [1.29, 1.82) is 0 Å². The second kappa shape index (κ2) is 7.26. The molecule has 1 aliphatic carbocycles. The molecule has 6 nitrogen and oxygen atoms in total. The van der Waals surface area contributed by atoms with Crippen molar-refractivity contribution in [1.82, 2.24) is 24.9 Å². The summed E-state index contributed by atoms with van der Waals surface area (Å²) in [5.41, 5.74) is 1.46. The van der Waals surface area contributed by atoms with E-state index in [4.69, 9.17) is 0 Å². The normalized spacial score (nSPS) is 17.8. The van der Waals surface area contributed by atoms with Gasteiger partial charge in [-0.25, -0.2) is 18.9 Å². The first kappa shape index (κ1) is 17.3. The first-order chi connectivity index (χ1) is 13.1. The Morgan fingerprint density at radius 3 is 2.96 bits per heavy atom. The van der Waals surface area contributed by atoms with Crippen molar-refractivity contribution >= 4 is 11.6 Å². The van der Waals surface area contributed by atoms with Gasteiger partial charge in [0.1, 0.15) is 12.1 Å². The lowest BCUT2D eigenvalue weighted by Gasteiger charge is -2.19. The molecule has 0 saturated heterocycles. The Morgan fingerprint density at radius 2 is 2.19 bits per heavy atom. The quantitative estimate of drug-likeness (QED) is 0.719. The molecule has 0 radical (unpaired) electrons. The SMILES string of the molecule is C[C@@H](NC(=O)[C@@H]1CC=CCC1)c1nc2cc(-c3ccccc3F)ncn2n1. The van der Waals surface area contributed by atoms with Gasteiger partial charge in [-0.1, -0.05) is 24.3 Å². The Balaban J connectivity index is 1.55. The second-order valence-corrected chi connectivity index (χ2v) is 6.74. The maximum absolute atomic E-state index is 14.0. The molecule has 2 atom stereocenters. The van der Waals surface area contributed by atoms with E-state index in [2.05, 4.69) is 32.5 Å². The number of rotatable bonds is 4. The van der Waals surface area contributed by atoms with Crippen LogP contribution in [0.4, 0.5) is 4.39 Å². The van der Waals surface area contributed by atoms with Crippen molar-refractivity contribution < 1.29 is 9.18 Å². The molecule has 0 bridgehead atoms. The number of halogens is 1. The van der Waals surface area contributed by atoms with E-state index in [0.717, 1.165) is 19.3 Å². The van der Waals surface area contributed by atoms with Gasteiger partial charge in [-0.3, -0.25) is 4.79 Å². The van der Waals surface area contributed by atoms with Gasteiger partial charge >= 0.3 is 0 Å². The van der Waals surface area contributed by atoms with E-state index in [0.29, 0.717) is 22.7 Å². The van der Waals surface area contributed by atoms with E-state index in [1.165, 1.54) is 16.9 Å². The molecule has 7 heteroatoms. The number of hydrogen-bond acceptors (Lipinski definition) is 4. The van der Waals surface area contributed by atoms with Crippen LogP contribution in [0.1, 0.15) is 38.1 Å². The third-order valence-electron chi connectivity index (χ3n) is 4.78. The van der Waals surface area contributed by atoms with Crippen LogP contribution in [0.25, 0.3) is 16.9 Å². The van der Waals surface area contributed by atoms with Gasteiger partial charge in [0.2, 0.25) is 5.91 Å². The monoisotopic (exact) mass is 365 g/mol. The number of carbonyl (C=O) groups excluding carboxylic acids is 1. The summed E-state index contributed by atoms with van der Waals surface area (Å²) in [5, 5.41) is 7.38. The van der Waals surface area contributed by atoms with Crippen LogP contribution in [0.5, 0.6) is 0 Å². The largest absolute Gasteiger partial charge is 0.346 e. The van der Waals surface area contributed by atoms with Crippen LogP contribution in [0.3, 0.4) is 0 Å². The van der Waals surface area contributed by atoms with Gasteiger partial charge < -0.3 is 5.32 Å². The predicted molar refractivity (Wildman–Crippen MR) is 99.2 cm³/mol. The molecule has 1 aliphatic rings. The van der Waals surface area contributed by atoms with E-state index in [1.807, 2.05) is 6.92 Å². The van der Waals surface area contributed by atoms with Crippen LogP contribution >= 0.6 is 0 Å². The smallest absolute Gasteiger partial charge is 0.224 e. The number of carbonyl (C=O) groups is 1. The molecule has 0 saturated carbocycles. The van der Waals surface area contributed by atoms with Gasteiger partial charge in [0.25, 0.3) is 0 Å². The molecular weight excluding hydrogens is 345 g/mol. The van der Waals surface area contributed by atoms with Gasteiger partial charge in [0.05, 0.1) is 11.7 Å². The van der Waals surface area contributed by atoms with Crippen LogP contribution in [0, 0.1) is 11.7 Å². The Morgan fingerprint density at radius 1 is 1.33 bits per heavy atom. The van der Waals surface area contributed by atoms with Crippen LogP contribution in [-0.4, -0.2) is 25.5 Å². The predicted octanol–water partition coefficient (Wildman–Crippen LogP) is 3.46. The topological polar surface area (TPSA) is 72.2 Å². The molecule has 0 fully saturated rings. The number of nitrogens with one attached hydrogen (secondary N) is 1. The minimum atomic E-state index is -0.337. The molecule has 0 unspecified atom stereocenters. The molecule has 1 aromatic carbocycles. The summed E-state index contributed by atoms with van der Waals surface area (Å²) in [6, 6.07) is 7.84. The van der Waals surface area contributed by atoms with Crippen LogP contribution in [0.15, 0.2) is 48.8 Å². The number of fused-ring (bicyclic) bond motifs is 1. The highest BCUT2D eigenvalue weighted by atomic mass is 19.1. The zero-order valence-corrected chi connectivity index (χ0v) is 15.0. The number of benzene rings is 1. The van der Waals surface area contributed by atoms with Gasteiger partial charge in [0, 0.05) is 17.5 Å². The van der Waals surface area contributed by atoms with E-state index in [-0.39, 0.29) is 23.7 Å². The molecule has 2 heterocycles. The van der Waals surface area contributed by atoms with Crippen molar-refractivity contribution in [2.75, 3.05) is 0 Å². The van der Waals surface area contributed by atoms with E-state index < -0.39 is 0 Å². The lowest BCUT2D eigenvalue weighted by molar-refractivity contribution is -0.125. The summed E-state index contributed by atoms with van der Waals surface area (Å²) in [7, 11) is 0. The number of amides is 1. The summed E-state index contributed by atoms with van der Waals surface area (Å²) in [6.07, 6.45) is 8.24. The van der Waals surface area contributed by atoms with Crippen molar-refractivity contribution in [3.63, 3.8) is 0 Å². The first-order valence-electron chi connectivity index (χ1n) is 9.04. The number of hydrogen-bond donors (Lipinski definition) is 1. The lowest BCUT2D eigenvalue weighted by Crippen LogP contribution is -2.33. The van der Waals surface area contributed by atoms with E-state index >= 15 is 0 Å². The Labute approximate surface area is 156 Å². The number of aromatic nitrogens is 4. The standard InChI is InChI=1S/C20H20FN5O/c1-13(23-20(27)14-7-3-2-4-8-14)19-24-18-11-17(22-12-26(18)25-19)15-9-5-6-10-16(15)21/h2-3,5-6,9-14H,4,7-8H2,1H3,(H,23,27)/t13-,14-/m1/s1. The van der Waals surface area contributed by atoms with Gasteiger partial charge in [-0.05, 0) is 38.3 Å². The second-order valence-electron chi connectivity index (χ2n) is 6.74. The maximum atomic E-state index is 14.0. The van der Waals surface area contributed by atoms with Crippen molar-refractivity contribution in [2.24, 2.45) is 5.92 Å². The van der Waals surface area contributed by atoms with E-state index in [1.54, 1.807) is 24.3 Å². The molecule has 0 aliphatic heterocycles. The number of allylic oxidation sites excluding steroid dienone is 2. The third kappa shape index (κ3) is 3.58. The maximum Gasteiger partial charge on any atom is 0.224 e. The fourth-order valence-electron chi connectivity index (χ4n) is 3.24. The molecular formula is C20H20FN5O. The van der Waals surface area contributed by atoms with Crippen LogP contribution in [-0.2, 0) is 4.79 Å². The van der Waals surface area contributed by atoms with Crippen LogP contribution < -0.4 is 5.32 Å². The fourth-order valence-corrected chi connectivity index (χ4v) is 3.24. The van der Waals surface area contributed by atoms with Crippen molar-refractivity contribution in [3.8, 4) is 11.3 Å².